The number of hydrogen-bond donors (Lipinski definition) is 0. The lowest BCUT2D eigenvalue weighted by Gasteiger charge is -2.18. The highest BCUT2D eigenvalue weighted by Crippen LogP contribution is 2.31. The van der Waals surface area contributed by atoms with Crippen molar-refractivity contribution in [2.75, 3.05) is 31.6 Å². The Morgan fingerprint density at radius 2 is 2.00 bits per heavy atom. The number of likely N-dealkylation sites (N-methyl/N-ethyl adjacent to an activating group) is 1. The predicted molar refractivity (Wildman–Crippen MR) is 111 cm³/mol. The molecule has 0 radical (unpaired) electrons. The van der Waals surface area contributed by atoms with Crippen LogP contribution in [0.5, 0.6) is 0 Å². The predicted octanol–water partition coefficient (Wildman–Crippen LogP) is 3.73. The number of ether oxygens (including phenoxy) is 1. The van der Waals surface area contributed by atoms with Gasteiger partial charge in [-0.05, 0) is 37.1 Å². The molecule has 0 N–H and O–H groups in total. The number of nitro groups is 1. The van der Waals surface area contributed by atoms with Crippen LogP contribution in [0, 0.1) is 10.1 Å². The van der Waals surface area contributed by atoms with E-state index in [1.54, 1.807) is 19.2 Å². The van der Waals surface area contributed by atoms with E-state index < -0.39 is 17.5 Å². The molecule has 1 saturated heterocycles. The van der Waals surface area contributed by atoms with Crippen LogP contribution in [0.2, 0.25) is 4.34 Å². The van der Waals surface area contributed by atoms with E-state index in [-0.39, 0.29) is 17.2 Å². The summed E-state index contributed by atoms with van der Waals surface area (Å²) >= 11 is 7.24. The number of nitrogens with zero attached hydrogens (tertiary/aromatic N) is 3. The van der Waals surface area contributed by atoms with Crippen molar-refractivity contribution in [2.24, 2.45) is 0 Å². The summed E-state index contributed by atoms with van der Waals surface area (Å²) in [6, 6.07) is 7.83. The van der Waals surface area contributed by atoms with Gasteiger partial charge in [-0.25, -0.2) is 4.79 Å². The zero-order valence-electron chi connectivity index (χ0n) is 15.8. The topological polar surface area (TPSA) is 93.0 Å². The van der Waals surface area contributed by atoms with Crippen LogP contribution in [-0.2, 0) is 16.1 Å². The van der Waals surface area contributed by atoms with E-state index >= 15 is 0 Å². The molecule has 1 aliphatic heterocycles. The largest absolute Gasteiger partial charge is 0.452 e. The maximum atomic E-state index is 12.3. The van der Waals surface area contributed by atoms with E-state index in [1.165, 1.54) is 28.4 Å². The molecule has 1 amide bonds. The number of hydrogen-bond acceptors (Lipinski definition) is 7. The number of thiophene rings is 1. The molecule has 1 aromatic heterocycles. The van der Waals surface area contributed by atoms with Crippen LogP contribution in [0.3, 0.4) is 0 Å². The third-order valence-corrected chi connectivity index (χ3v) is 5.84. The van der Waals surface area contributed by atoms with E-state index in [9.17, 15) is 19.7 Å². The quantitative estimate of drug-likeness (QED) is 0.372. The second-order valence-corrected chi connectivity index (χ2v) is 8.49. The first-order chi connectivity index (χ1) is 13.8. The number of esters is 1. The lowest BCUT2D eigenvalue weighted by atomic mass is 10.1. The van der Waals surface area contributed by atoms with Crippen LogP contribution in [0.15, 0.2) is 30.3 Å². The Bertz CT molecular complexity index is 926. The van der Waals surface area contributed by atoms with E-state index in [4.69, 9.17) is 16.3 Å². The number of rotatable bonds is 7. The second kappa shape index (κ2) is 9.23. The van der Waals surface area contributed by atoms with Gasteiger partial charge in [0.05, 0.1) is 21.4 Å². The van der Waals surface area contributed by atoms with Crippen LogP contribution in [0.25, 0.3) is 0 Å². The fraction of sp³-hybridized carbons (Fsp3) is 0.368. The molecule has 0 bridgehead atoms. The van der Waals surface area contributed by atoms with Gasteiger partial charge in [0.2, 0.25) is 0 Å². The molecule has 29 heavy (non-hydrogen) atoms. The zero-order valence-corrected chi connectivity index (χ0v) is 17.4. The minimum absolute atomic E-state index is 0.0418. The van der Waals surface area contributed by atoms with Crippen LogP contribution >= 0.6 is 22.9 Å². The molecule has 0 unspecified atom stereocenters. The maximum Gasteiger partial charge on any atom is 0.338 e. The Morgan fingerprint density at radius 3 is 2.62 bits per heavy atom. The molecular weight excluding hydrogens is 418 g/mol. The van der Waals surface area contributed by atoms with Crippen molar-refractivity contribution in [3.63, 3.8) is 0 Å². The first-order valence-corrected chi connectivity index (χ1v) is 10.2. The van der Waals surface area contributed by atoms with Gasteiger partial charge >= 0.3 is 5.97 Å². The number of carbonyl (C=O) groups is 2. The molecule has 1 fully saturated rings. The molecule has 0 spiro atoms. The smallest absolute Gasteiger partial charge is 0.338 e. The molecule has 0 saturated carbocycles. The molecule has 1 aliphatic rings. The first kappa shape index (κ1) is 21.1. The third-order valence-electron chi connectivity index (χ3n) is 4.63. The molecule has 10 heteroatoms. The summed E-state index contributed by atoms with van der Waals surface area (Å²) in [6.07, 6.45) is 1.96. The van der Waals surface area contributed by atoms with Crippen LogP contribution in [0.1, 0.15) is 28.1 Å². The van der Waals surface area contributed by atoms with Gasteiger partial charge in [-0.15, -0.1) is 11.3 Å². The Labute approximate surface area is 176 Å². The fourth-order valence-electron chi connectivity index (χ4n) is 3.10. The number of amides is 1. The maximum absolute atomic E-state index is 12.3. The van der Waals surface area contributed by atoms with Crippen molar-refractivity contribution in [2.45, 2.75) is 19.4 Å². The van der Waals surface area contributed by atoms with Gasteiger partial charge in [-0.1, -0.05) is 11.6 Å². The average Bonchev–Trinajstić information content (AvgIpc) is 3.37. The average molecular weight is 438 g/mol. The van der Waals surface area contributed by atoms with E-state index in [2.05, 4.69) is 0 Å². The molecule has 2 heterocycles. The summed E-state index contributed by atoms with van der Waals surface area (Å²) in [5, 5.41) is 11.4. The molecule has 0 aliphatic carbocycles. The van der Waals surface area contributed by atoms with E-state index in [0.717, 1.165) is 30.8 Å². The van der Waals surface area contributed by atoms with Crippen molar-refractivity contribution in [3.8, 4) is 0 Å². The Morgan fingerprint density at radius 1 is 1.28 bits per heavy atom. The number of benzene rings is 1. The van der Waals surface area contributed by atoms with Gasteiger partial charge < -0.3 is 14.5 Å². The highest BCUT2D eigenvalue weighted by molar-refractivity contribution is 7.16. The zero-order chi connectivity index (χ0) is 21.0. The van der Waals surface area contributed by atoms with Crippen LogP contribution < -0.4 is 4.90 Å². The highest BCUT2D eigenvalue weighted by atomic mass is 35.5. The van der Waals surface area contributed by atoms with Gasteiger partial charge in [0, 0.05) is 31.1 Å². The number of halogens is 1. The normalized spacial score (nSPS) is 13.4. The monoisotopic (exact) mass is 437 g/mol. The lowest BCUT2D eigenvalue weighted by molar-refractivity contribution is -0.384. The van der Waals surface area contributed by atoms with Crippen molar-refractivity contribution in [1.82, 2.24) is 4.90 Å². The molecule has 0 atom stereocenters. The summed E-state index contributed by atoms with van der Waals surface area (Å²) in [4.78, 5) is 39.7. The van der Waals surface area contributed by atoms with Gasteiger partial charge in [-0.3, -0.25) is 14.9 Å². The summed E-state index contributed by atoms with van der Waals surface area (Å²) in [5.41, 5.74) is 0.397. The third kappa shape index (κ3) is 5.24. The van der Waals surface area contributed by atoms with Crippen molar-refractivity contribution >= 4 is 46.2 Å². The Balaban J connectivity index is 1.61. The molecule has 154 valence electrons. The standard InChI is InChI=1S/C19H20ClN3O5S/c1-21(11-14-5-7-17(20)29-14)18(24)12-28-19(25)13-4-6-15(16(10-13)23(26)27)22-8-2-3-9-22/h4-7,10H,2-3,8-9,11-12H2,1H3. The van der Waals surface area contributed by atoms with Crippen LogP contribution in [0.4, 0.5) is 11.4 Å². The summed E-state index contributed by atoms with van der Waals surface area (Å²) in [5.74, 6) is -1.16. The fourth-order valence-corrected chi connectivity index (χ4v) is 4.24. The molecule has 8 nitrogen and oxygen atoms in total. The lowest BCUT2D eigenvalue weighted by Crippen LogP contribution is -2.30. The number of anilines is 1. The Hall–Kier alpha value is -2.65. The first-order valence-electron chi connectivity index (χ1n) is 9.04. The molecular formula is C19H20ClN3O5S. The number of carbonyl (C=O) groups excluding carboxylic acids is 2. The van der Waals surface area contributed by atoms with Crippen molar-refractivity contribution in [1.29, 1.82) is 0 Å². The van der Waals surface area contributed by atoms with Crippen LogP contribution in [-0.4, -0.2) is 48.4 Å². The summed E-state index contributed by atoms with van der Waals surface area (Å²) in [7, 11) is 1.60. The van der Waals surface area contributed by atoms with E-state index in [1.807, 2.05) is 11.0 Å². The van der Waals surface area contributed by atoms with Gasteiger partial charge in [0.25, 0.3) is 11.6 Å². The van der Waals surface area contributed by atoms with Gasteiger partial charge in [0.1, 0.15) is 5.69 Å². The van der Waals surface area contributed by atoms with E-state index in [0.29, 0.717) is 16.6 Å². The minimum atomic E-state index is -0.776. The number of nitro benzene ring substituents is 1. The Kier molecular flexibility index (Phi) is 6.71. The SMILES string of the molecule is CN(Cc1ccc(Cl)s1)C(=O)COC(=O)c1ccc(N2CCCC2)c([N+](=O)[O-])c1. The minimum Gasteiger partial charge on any atom is -0.452 e. The molecule has 1 aromatic carbocycles. The highest BCUT2D eigenvalue weighted by Gasteiger charge is 2.24. The van der Waals surface area contributed by atoms with Gasteiger partial charge in [-0.2, -0.15) is 0 Å². The van der Waals surface area contributed by atoms with Crippen molar-refractivity contribution in [3.05, 3.63) is 55.2 Å². The molecule has 2 aromatic rings. The summed E-state index contributed by atoms with van der Waals surface area (Å²) in [6.45, 7) is 1.40. The molecule has 3 rings (SSSR count). The van der Waals surface area contributed by atoms with Crippen molar-refractivity contribution < 1.29 is 19.2 Å². The summed E-state index contributed by atoms with van der Waals surface area (Å²) < 4.78 is 5.70. The second-order valence-electron chi connectivity index (χ2n) is 6.69. The van der Waals surface area contributed by atoms with Gasteiger partial charge in [0.15, 0.2) is 6.61 Å².